The summed E-state index contributed by atoms with van der Waals surface area (Å²) < 4.78 is 19.3. The van der Waals surface area contributed by atoms with Gasteiger partial charge in [-0.05, 0) is 136 Å². The first-order chi connectivity index (χ1) is 23.7. The van der Waals surface area contributed by atoms with Gasteiger partial charge in [0.15, 0.2) is 11.5 Å². The van der Waals surface area contributed by atoms with Crippen LogP contribution in [0.15, 0.2) is 48.7 Å². The fourth-order valence-electron chi connectivity index (χ4n) is 9.21. The lowest BCUT2D eigenvalue weighted by molar-refractivity contribution is -0.144. The number of pyridine rings is 1. The monoisotopic (exact) mass is 687 g/mol. The van der Waals surface area contributed by atoms with Gasteiger partial charge in [0.25, 0.3) is 0 Å². The number of nitrogens with zero attached hydrogens (tertiary/aromatic N) is 1. The van der Waals surface area contributed by atoms with E-state index in [1.165, 1.54) is 35.2 Å². The first-order valence-corrected chi connectivity index (χ1v) is 18.5. The van der Waals surface area contributed by atoms with Crippen LogP contribution < -0.4 is 24.8 Å². The number of rotatable bonds is 10. The molecule has 0 saturated heterocycles. The highest BCUT2D eigenvalue weighted by atomic mass is 35.5. The van der Waals surface area contributed by atoms with E-state index >= 15 is 0 Å². The van der Waals surface area contributed by atoms with E-state index in [9.17, 15) is 9.90 Å². The third-order valence-electron chi connectivity index (χ3n) is 11.8. The van der Waals surface area contributed by atoms with E-state index in [-0.39, 0.29) is 11.3 Å². The van der Waals surface area contributed by atoms with Crippen LogP contribution in [0.3, 0.4) is 0 Å². The molecule has 2 aromatic carbocycles. The molecule has 0 bridgehead atoms. The quantitative estimate of drug-likeness (QED) is 0.199. The number of ether oxygens (including phenoxy) is 3. The first-order valence-electron chi connectivity index (χ1n) is 18.1. The number of hydrogen-bond acceptors (Lipinski definition) is 7. The van der Waals surface area contributed by atoms with Crippen molar-refractivity contribution in [1.82, 2.24) is 10.3 Å². The van der Waals surface area contributed by atoms with Crippen molar-refractivity contribution >= 4 is 23.3 Å². The molecule has 2 heterocycles. The number of fused-ring (bicyclic) bond motifs is 4. The average Bonchev–Trinajstić information content (AvgIpc) is 3.21. The van der Waals surface area contributed by atoms with E-state index in [0.29, 0.717) is 55.4 Å². The number of anilines is 1. The van der Waals surface area contributed by atoms with Gasteiger partial charge in [-0.3, -0.25) is 4.98 Å². The summed E-state index contributed by atoms with van der Waals surface area (Å²) in [6.07, 6.45) is 9.71. The average molecular weight is 688 g/mol. The minimum absolute atomic E-state index is 0.169. The van der Waals surface area contributed by atoms with E-state index in [1.54, 1.807) is 12.1 Å². The molecule has 1 fully saturated rings. The highest BCUT2D eigenvalue weighted by Gasteiger charge is 2.54. The summed E-state index contributed by atoms with van der Waals surface area (Å²) in [5, 5.41) is 17.9. The Morgan fingerprint density at radius 1 is 1.12 bits per heavy atom. The van der Waals surface area contributed by atoms with Crippen molar-refractivity contribution in [2.75, 3.05) is 38.7 Å². The van der Waals surface area contributed by atoms with Crippen LogP contribution in [0, 0.1) is 17.8 Å². The molecule has 8 nitrogen and oxygen atoms in total. The molecule has 3 aliphatic carbocycles. The number of hydrogen-bond donors (Lipinski definition) is 3. The number of nitrogens with one attached hydrogen (secondary N) is 2. The number of halogens is 1. The molecule has 3 N–H and O–H groups in total. The Balaban J connectivity index is 1.15. The lowest BCUT2D eigenvalue weighted by Gasteiger charge is -2.47. The normalized spacial score (nSPS) is 27.9. The molecule has 9 heteroatoms. The van der Waals surface area contributed by atoms with Crippen molar-refractivity contribution in [3.8, 4) is 17.2 Å². The van der Waals surface area contributed by atoms with Crippen molar-refractivity contribution < 1.29 is 24.1 Å². The molecule has 2 unspecified atom stereocenters. The molecule has 7 rings (SSSR count). The number of carboxylic acids is 1. The molecule has 1 saturated carbocycles. The summed E-state index contributed by atoms with van der Waals surface area (Å²) >= 11 is 6.29. The van der Waals surface area contributed by atoms with Gasteiger partial charge in [-0.15, -0.1) is 0 Å². The van der Waals surface area contributed by atoms with E-state index in [4.69, 9.17) is 25.8 Å². The molecular weight excluding hydrogens is 638 g/mol. The zero-order chi connectivity index (χ0) is 34.2. The fraction of sp³-hybridized carbons (Fsp3) is 0.550. The van der Waals surface area contributed by atoms with E-state index in [1.807, 2.05) is 31.4 Å². The SMILES string of the molecule is CNCC1COc2cc3c(cc2OC1)C1(CCC(Nc2cccc(Cl)c2)(C(=O)O)CC1)C(C[C@@H](C)COc1ccnc2c1[C@H](C)CCC2)C3. The molecule has 1 spiro atoms. The van der Waals surface area contributed by atoms with Crippen LogP contribution in [0.4, 0.5) is 5.69 Å². The second-order valence-corrected chi connectivity index (χ2v) is 15.6. The summed E-state index contributed by atoms with van der Waals surface area (Å²) in [6.45, 7) is 7.26. The topological polar surface area (TPSA) is 102 Å². The summed E-state index contributed by atoms with van der Waals surface area (Å²) in [4.78, 5) is 17.6. The number of aromatic nitrogens is 1. The van der Waals surface area contributed by atoms with Crippen LogP contribution in [0.25, 0.3) is 0 Å². The Labute approximate surface area is 295 Å². The lowest BCUT2D eigenvalue weighted by Crippen LogP contribution is -2.53. The Morgan fingerprint density at radius 3 is 2.63 bits per heavy atom. The van der Waals surface area contributed by atoms with Crippen LogP contribution in [0.5, 0.6) is 17.2 Å². The smallest absolute Gasteiger partial charge is 0.329 e. The van der Waals surface area contributed by atoms with Gasteiger partial charge < -0.3 is 30.0 Å². The Morgan fingerprint density at radius 2 is 1.90 bits per heavy atom. The summed E-state index contributed by atoms with van der Waals surface area (Å²) in [5.41, 5.74) is 4.58. The summed E-state index contributed by atoms with van der Waals surface area (Å²) in [7, 11) is 1.95. The van der Waals surface area contributed by atoms with Gasteiger partial charge in [0.2, 0.25) is 0 Å². The Hall–Kier alpha value is -3.49. The van der Waals surface area contributed by atoms with Gasteiger partial charge in [0.1, 0.15) is 11.3 Å². The van der Waals surface area contributed by atoms with Crippen LogP contribution in [-0.2, 0) is 23.1 Å². The number of carbonyl (C=O) groups is 1. The molecule has 1 aliphatic heterocycles. The predicted molar refractivity (Wildman–Crippen MR) is 192 cm³/mol. The van der Waals surface area contributed by atoms with Crippen molar-refractivity contribution in [3.05, 3.63) is 76.1 Å². The van der Waals surface area contributed by atoms with Crippen LogP contribution in [-0.4, -0.2) is 55.0 Å². The van der Waals surface area contributed by atoms with Gasteiger partial charge in [0.05, 0.1) is 19.8 Å². The lowest BCUT2D eigenvalue weighted by atomic mass is 9.59. The maximum absolute atomic E-state index is 13.0. The van der Waals surface area contributed by atoms with E-state index in [2.05, 4.69) is 41.6 Å². The van der Waals surface area contributed by atoms with Gasteiger partial charge in [-0.1, -0.05) is 31.5 Å². The standard InChI is InChI=1S/C40H50ClN3O5/c1-25(22-47-34-10-15-43-33-9-4-6-26(2)37(33)34)16-29-17-28-18-35-36(49-24-27(21-42-3)23-48-35)20-32(28)39(29)11-13-40(14-12-39,38(45)46)44-31-8-5-7-30(41)19-31/h5,7-8,10,15,18-20,25-27,29,42,44H,4,6,9,11-14,16-17,21-24H2,1-3H3,(H,45,46)/t25-,26-,27?,29?,39?,40?/m1/s1. The molecule has 0 amide bonds. The Bertz CT molecular complexity index is 1670. The summed E-state index contributed by atoms with van der Waals surface area (Å²) in [5.74, 6) is 3.17. The van der Waals surface area contributed by atoms with Gasteiger partial charge in [0, 0.05) is 40.6 Å². The minimum atomic E-state index is -1.07. The number of aliphatic carboxylic acids is 1. The highest BCUT2D eigenvalue weighted by molar-refractivity contribution is 6.30. The molecule has 4 aliphatic rings. The van der Waals surface area contributed by atoms with Gasteiger partial charge >= 0.3 is 5.97 Å². The highest BCUT2D eigenvalue weighted by Crippen LogP contribution is 2.58. The first kappa shape index (κ1) is 34.0. The maximum atomic E-state index is 13.0. The van der Waals surface area contributed by atoms with Crippen LogP contribution >= 0.6 is 11.6 Å². The fourth-order valence-corrected chi connectivity index (χ4v) is 9.40. The zero-order valence-electron chi connectivity index (χ0n) is 29.0. The van der Waals surface area contributed by atoms with E-state index < -0.39 is 11.5 Å². The zero-order valence-corrected chi connectivity index (χ0v) is 29.8. The molecule has 0 radical (unpaired) electrons. The molecule has 3 aromatic rings. The van der Waals surface area contributed by atoms with Crippen molar-refractivity contribution in [1.29, 1.82) is 0 Å². The third-order valence-corrected chi connectivity index (χ3v) is 12.0. The second kappa shape index (κ2) is 14.0. The van der Waals surface area contributed by atoms with Crippen molar-refractivity contribution in [3.63, 3.8) is 0 Å². The van der Waals surface area contributed by atoms with Crippen molar-refractivity contribution in [2.45, 2.75) is 88.5 Å². The molecule has 4 atom stereocenters. The molecule has 49 heavy (non-hydrogen) atoms. The number of aryl methyl sites for hydroxylation is 1. The molecule has 1 aromatic heterocycles. The van der Waals surface area contributed by atoms with Gasteiger partial charge in [-0.2, -0.15) is 0 Å². The maximum Gasteiger partial charge on any atom is 0.329 e. The van der Waals surface area contributed by atoms with Crippen LogP contribution in [0.2, 0.25) is 5.02 Å². The third kappa shape index (κ3) is 6.71. The predicted octanol–water partition coefficient (Wildman–Crippen LogP) is 7.81. The molecule has 262 valence electrons. The van der Waals surface area contributed by atoms with Crippen LogP contribution in [0.1, 0.15) is 87.1 Å². The number of carboxylic acid groups (broad SMARTS) is 1. The number of benzene rings is 2. The van der Waals surface area contributed by atoms with Gasteiger partial charge in [-0.25, -0.2) is 4.79 Å². The second-order valence-electron chi connectivity index (χ2n) is 15.2. The van der Waals surface area contributed by atoms with Crippen molar-refractivity contribution in [2.24, 2.45) is 17.8 Å². The van der Waals surface area contributed by atoms with E-state index in [0.717, 1.165) is 61.6 Å². The summed E-state index contributed by atoms with van der Waals surface area (Å²) in [6, 6.07) is 13.8. The Kier molecular flexibility index (Phi) is 9.73. The largest absolute Gasteiger partial charge is 0.493 e. The minimum Gasteiger partial charge on any atom is -0.493 e. The molecular formula is C40H50ClN3O5.